The van der Waals surface area contributed by atoms with E-state index in [4.69, 9.17) is 0 Å². The predicted octanol–water partition coefficient (Wildman–Crippen LogP) is 8.52. The maximum atomic E-state index is 14.2. The SMILES string of the molecule is CN(CC1CCC(n2cc3cc(NC(=O)c4cccc(C(F)(F)F)n4)c(C(F)F)cc3n2)CC1)C1CCC2(CC1)CC(Cc1cccc3c1n(C)c(=O)n3C1CCC(=O)NC1=O)C2. The van der Waals surface area contributed by atoms with E-state index in [1.165, 1.54) is 37.8 Å². The molecule has 1 saturated heterocycles. The van der Waals surface area contributed by atoms with Gasteiger partial charge < -0.3 is 10.2 Å². The molecule has 1 atom stereocenters. The van der Waals surface area contributed by atoms with E-state index < -0.39 is 47.4 Å². The summed E-state index contributed by atoms with van der Waals surface area (Å²) < 4.78 is 72.9. The zero-order valence-corrected chi connectivity index (χ0v) is 35.3. The topological polar surface area (TPSA) is 136 Å². The van der Waals surface area contributed by atoms with Crippen molar-refractivity contribution in [1.29, 1.82) is 0 Å². The van der Waals surface area contributed by atoms with Gasteiger partial charge in [-0.15, -0.1) is 0 Å². The standard InChI is InChI=1S/C46H51F5N8O4/c1-56(30-15-17-45(18-16-30)22-27(23-45)19-28-5-3-7-36-40(28)57(2)44(63)59(36)37-13-14-39(60)54-43(37)62)24-26-9-11-31(12-10-26)58-25-29-20-35(32(41(47)48)21-34(29)55-58)53-42(61)33-6-4-8-38(52-33)46(49,50)51/h3-8,20-21,25-27,30-31,37,41H,9-19,22-24H2,1-2H3,(H,53,61)(H,54,60,62). The zero-order chi connectivity index (χ0) is 44.4. The Morgan fingerprint density at radius 2 is 1.70 bits per heavy atom. The molecule has 17 heteroatoms. The lowest BCUT2D eigenvalue weighted by molar-refractivity contribution is -0.141. The minimum Gasteiger partial charge on any atom is -0.320 e. The van der Waals surface area contributed by atoms with E-state index in [9.17, 15) is 41.1 Å². The van der Waals surface area contributed by atoms with Crippen LogP contribution in [0.3, 0.4) is 0 Å². The van der Waals surface area contributed by atoms with E-state index in [0.29, 0.717) is 40.6 Å². The number of piperidine rings is 1. The molecule has 3 aromatic heterocycles. The Bertz CT molecular complexity index is 2630. The third-order valence-corrected chi connectivity index (χ3v) is 14.5. The summed E-state index contributed by atoms with van der Waals surface area (Å²) in [6, 6.07) is 11.4. The van der Waals surface area contributed by atoms with Gasteiger partial charge in [0.2, 0.25) is 11.8 Å². The third-order valence-electron chi connectivity index (χ3n) is 14.5. The predicted molar refractivity (Wildman–Crippen MR) is 225 cm³/mol. The van der Waals surface area contributed by atoms with Crippen LogP contribution in [0.2, 0.25) is 0 Å². The van der Waals surface area contributed by atoms with Crippen LogP contribution in [0.1, 0.15) is 123 Å². The molecule has 1 unspecified atom stereocenters. The molecule has 12 nitrogen and oxygen atoms in total. The molecule has 1 aliphatic heterocycles. The number of fused-ring (bicyclic) bond motifs is 2. The number of aryl methyl sites for hydroxylation is 1. The summed E-state index contributed by atoms with van der Waals surface area (Å²) in [5.74, 6) is -0.699. The lowest BCUT2D eigenvalue weighted by Crippen LogP contribution is -2.46. The van der Waals surface area contributed by atoms with Crippen LogP contribution in [0.4, 0.5) is 27.6 Å². The number of rotatable bonds is 10. The summed E-state index contributed by atoms with van der Waals surface area (Å²) >= 11 is 0. The number of nitrogens with zero attached hydrogens (tertiary/aromatic N) is 6. The lowest BCUT2D eigenvalue weighted by Gasteiger charge is -2.53. The van der Waals surface area contributed by atoms with Crippen molar-refractivity contribution in [1.82, 2.24) is 34.1 Å². The van der Waals surface area contributed by atoms with Crippen molar-refractivity contribution in [2.75, 3.05) is 18.9 Å². The van der Waals surface area contributed by atoms with Crippen LogP contribution in [0.25, 0.3) is 21.9 Å². The fourth-order valence-corrected chi connectivity index (χ4v) is 11.2. The molecular weight excluding hydrogens is 824 g/mol. The third kappa shape index (κ3) is 8.40. The quantitative estimate of drug-likeness (QED) is 0.106. The van der Waals surface area contributed by atoms with E-state index >= 15 is 0 Å². The molecule has 4 heterocycles. The number of carbonyl (C=O) groups is 3. The molecule has 3 aliphatic carbocycles. The molecule has 2 aromatic carbocycles. The van der Waals surface area contributed by atoms with E-state index in [1.54, 1.807) is 22.4 Å². The minimum atomic E-state index is -4.76. The molecule has 3 saturated carbocycles. The van der Waals surface area contributed by atoms with Crippen molar-refractivity contribution in [3.05, 3.63) is 87.7 Å². The largest absolute Gasteiger partial charge is 0.433 e. The van der Waals surface area contributed by atoms with Gasteiger partial charge in [0.15, 0.2) is 0 Å². The van der Waals surface area contributed by atoms with Crippen LogP contribution in [-0.2, 0) is 29.2 Å². The van der Waals surface area contributed by atoms with Gasteiger partial charge in [0, 0.05) is 43.2 Å². The number of pyridine rings is 1. The number of amides is 3. The van der Waals surface area contributed by atoms with Gasteiger partial charge in [-0.3, -0.25) is 33.5 Å². The van der Waals surface area contributed by atoms with Crippen molar-refractivity contribution in [3.8, 4) is 0 Å². The first-order valence-electron chi connectivity index (χ1n) is 21.9. The van der Waals surface area contributed by atoms with Gasteiger partial charge in [-0.25, -0.2) is 18.6 Å². The first-order valence-corrected chi connectivity index (χ1v) is 21.9. The molecule has 9 rings (SSSR count). The number of carbonyl (C=O) groups excluding carboxylic acids is 3. The Kier molecular flexibility index (Phi) is 11.3. The second kappa shape index (κ2) is 16.6. The second-order valence-corrected chi connectivity index (χ2v) is 18.6. The maximum Gasteiger partial charge on any atom is 0.433 e. The molecule has 5 aromatic rings. The van der Waals surface area contributed by atoms with Crippen LogP contribution in [-0.4, -0.2) is 66.2 Å². The first kappa shape index (κ1) is 42.8. The molecule has 0 radical (unpaired) electrons. The number of benzene rings is 2. The minimum absolute atomic E-state index is 0.0875. The number of hydrogen-bond donors (Lipinski definition) is 2. The number of anilines is 1. The van der Waals surface area contributed by atoms with Gasteiger partial charge >= 0.3 is 11.9 Å². The highest BCUT2D eigenvalue weighted by atomic mass is 19.4. The van der Waals surface area contributed by atoms with E-state index in [0.717, 1.165) is 86.3 Å². The average Bonchev–Trinajstić information content (AvgIpc) is 3.77. The summed E-state index contributed by atoms with van der Waals surface area (Å²) in [4.78, 5) is 56.7. The number of alkyl halides is 5. The van der Waals surface area contributed by atoms with Gasteiger partial charge in [0.05, 0.1) is 28.3 Å². The Morgan fingerprint density at radius 1 is 0.968 bits per heavy atom. The normalized spacial score (nSPS) is 25.6. The molecular formula is C46H51F5N8O4. The average molecular weight is 875 g/mol. The van der Waals surface area contributed by atoms with E-state index in [2.05, 4.69) is 38.7 Å². The fourth-order valence-electron chi connectivity index (χ4n) is 11.2. The summed E-state index contributed by atoms with van der Waals surface area (Å²) in [5.41, 5.74) is 0.724. The lowest BCUT2D eigenvalue weighted by atomic mass is 9.54. The summed E-state index contributed by atoms with van der Waals surface area (Å²) in [6.07, 6.45) is 6.32. The second-order valence-electron chi connectivity index (χ2n) is 18.6. The molecule has 4 aliphatic rings. The zero-order valence-electron chi connectivity index (χ0n) is 35.3. The van der Waals surface area contributed by atoms with E-state index in [1.807, 2.05) is 16.8 Å². The number of imide groups is 1. The van der Waals surface area contributed by atoms with Crippen molar-refractivity contribution >= 4 is 45.3 Å². The number of halogens is 5. The van der Waals surface area contributed by atoms with Crippen LogP contribution >= 0.6 is 0 Å². The Morgan fingerprint density at radius 3 is 2.40 bits per heavy atom. The molecule has 0 bridgehead atoms. The highest BCUT2D eigenvalue weighted by molar-refractivity contribution is 6.04. The molecule has 63 heavy (non-hydrogen) atoms. The van der Waals surface area contributed by atoms with Crippen molar-refractivity contribution in [2.45, 2.75) is 114 Å². The molecule has 334 valence electrons. The van der Waals surface area contributed by atoms with Gasteiger partial charge in [0.1, 0.15) is 17.4 Å². The van der Waals surface area contributed by atoms with E-state index in [-0.39, 0.29) is 29.7 Å². The van der Waals surface area contributed by atoms with Gasteiger partial charge in [0.25, 0.3) is 12.3 Å². The molecule has 4 fully saturated rings. The van der Waals surface area contributed by atoms with Crippen molar-refractivity contribution in [3.63, 3.8) is 0 Å². The van der Waals surface area contributed by atoms with Gasteiger partial charge in [-0.2, -0.15) is 18.3 Å². The van der Waals surface area contributed by atoms with Crippen LogP contribution in [0.5, 0.6) is 0 Å². The highest BCUT2D eigenvalue weighted by Crippen LogP contribution is 2.56. The number of para-hydroxylation sites is 1. The Hall–Kier alpha value is -5.45. The fraction of sp³-hybridized carbons (Fsp3) is 0.522. The highest BCUT2D eigenvalue weighted by Gasteiger charge is 2.46. The summed E-state index contributed by atoms with van der Waals surface area (Å²) in [7, 11) is 4.00. The summed E-state index contributed by atoms with van der Waals surface area (Å²) in [5, 5.41) is 9.91. The Labute approximate surface area is 360 Å². The van der Waals surface area contributed by atoms with Gasteiger partial charge in [-0.05, 0) is 137 Å². The molecule has 3 amide bonds. The van der Waals surface area contributed by atoms with Crippen molar-refractivity contribution in [2.24, 2.45) is 24.3 Å². The van der Waals surface area contributed by atoms with Crippen LogP contribution in [0, 0.1) is 17.3 Å². The molecule has 1 spiro atoms. The number of imidazole rings is 1. The monoisotopic (exact) mass is 874 g/mol. The van der Waals surface area contributed by atoms with Gasteiger partial charge in [-0.1, -0.05) is 18.2 Å². The van der Waals surface area contributed by atoms with Crippen LogP contribution in [0.15, 0.2) is 59.5 Å². The van der Waals surface area contributed by atoms with Crippen molar-refractivity contribution < 1.29 is 36.3 Å². The number of hydrogen-bond acceptors (Lipinski definition) is 7. The smallest absolute Gasteiger partial charge is 0.320 e. The summed E-state index contributed by atoms with van der Waals surface area (Å²) in [6.45, 7) is 1.01. The number of aromatic nitrogens is 5. The molecule has 2 N–H and O–H groups in total. The van der Waals surface area contributed by atoms with Crippen LogP contribution < -0.4 is 16.3 Å². The number of nitrogens with one attached hydrogen (secondary N) is 2. The maximum absolute atomic E-state index is 14.2. The Balaban J connectivity index is 0.762. The first-order chi connectivity index (χ1) is 30.1.